The monoisotopic (exact) mass is 293 g/mol. The van der Waals surface area contributed by atoms with E-state index in [0.717, 1.165) is 12.0 Å². The number of hydrogen-bond donors (Lipinski definition) is 1. The Hall–Kier alpha value is -0.120. The summed E-state index contributed by atoms with van der Waals surface area (Å²) in [5.74, 6) is 0.933. The summed E-state index contributed by atoms with van der Waals surface area (Å²) in [5, 5.41) is 3.90. The van der Waals surface area contributed by atoms with E-state index in [1.165, 1.54) is 64.8 Å². The third-order valence-electron chi connectivity index (χ3n) is 6.52. The average molecular weight is 293 g/mol. The van der Waals surface area contributed by atoms with E-state index < -0.39 is 0 Å². The van der Waals surface area contributed by atoms with Crippen LogP contribution in [0, 0.1) is 11.3 Å². The molecule has 0 spiro atoms. The lowest BCUT2D eigenvalue weighted by molar-refractivity contribution is 0.0163. The molecule has 0 amide bonds. The Morgan fingerprint density at radius 2 is 1.81 bits per heavy atom. The van der Waals surface area contributed by atoms with E-state index in [4.69, 9.17) is 0 Å². The number of rotatable bonds is 4. The molecular formula is C18H35N3. The van der Waals surface area contributed by atoms with Crippen LogP contribution in [-0.4, -0.2) is 61.2 Å². The lowest BCUT2D eigenvalue weighted by atomic mass is 9.78. The maximum Gasteiger partial charge on any atom is 0.0309 e. The van der Waals surface area contributed by atoms with Crippen molar-refractivity contribution in [2.24, 2.45) is 11.3 Å². The van der Waals surface area contributed by atoms with Gasteiger partial charge in [0.15, 0.2) is 0 Å². The number of nitrogens with one attached hydrogen (secondary N) is 1. The van der Waals surface area contributed by atoms with Crippen LogP contribution in [0.4, 0.5) is 0 Å². The molecule has 2 aliphatic heterocycles. The van der Waals surface area contributed by atoms with Gasteiger partial charge in [0.25, 0.3) is 0 Å². The molecular weight excluding hydrogens is 258 g/mol. The van der Waals surface area contributed by atoms with Crippen LogP contribution in [0.25, 0.3) is 0 Å². The molecule has 1 N–H and O–H groups in total. The van der Waals surface area contributed by atoms with E-state index in [-0.39, 0.29) is 0 Å². The van der Waals surface area contributed by atoms with Gasteiger partial charge in [-0.25, -0.2) is 0 Å². The van der Waals surface area contributed by atoms with Crippen molar-refractivity contribution in [3.8, 4) is 0 Å². The van der Waals surface area contributed by atoms with Gasteiger partial charge in [-0.05, 0) is 70.5 Å². The van der Waals surface area contributed by atoms with Crippen molar-refractivity contribution in [1.82, 2.24) is 15.1 Å². The van der Waals surface area contributed by atoms with Crippen molar-refractivity contribution >= 4 is 0 Å². The van der Waals surface area contributed by atoms with Crippen LogP contribution in [-0.2, 0) is 0 Å². The van der Waals surface area contributed by atoms with Crippen LogP contribution < -0.4 is 5.32 Å². The zero-order chi connectivity index (χ0) is 15.1. The first-order valence-corrected chi connectivity index (χ1v) is 9.12. The summed E-state index contributed by atoms with van der Waals surface area (Å²) < 4.78 is 0. The summed E-state index contributed by atoms with van der Waals surface area (Å²) in [4.78, 5) is 5.34. The third kappa shape index (κ3) is 3.46. The molecule has 0 bridgehead atoms. The highest BCUT2D eigenvalue weighted by Gasteiger charge is 2.46. The fraction of sp³-hybridized carbons (Fsp3) is 1.00. The summed E-state index contributed by atoms with van der Waals surface area (Å²) in [7, 11) is 2.27. The molecule has 3 rings (SSSR count). The Morgan fingerprint density at radius 3 is 2.38 bits per heavy atom. The molecule has 3 fully saturated rings. The van der Waals surface area contributed by atoms with Gasteiger partial charge in [-0.1, -0.05) is 13.8 Å². The SMILES string of the molecule is CCC1CNC(C)(C2CC2)CN1CC1(C)CCN(C)CC1. The number of hydrogen-bond acceptors (Lipinski definition) is 3. The van der Waals surface area contributed by atoms with Gasteiger partial charge in [0, 0.05) is 31.2 Å². The van der Waals surface area contributed by atoms with E-state index >= 15 is 0 Å². The normalized spacial score (nSPS) is 38.6. The van der Waals surface area contributed by atoms with Crippen molar-refractivity contribution in [2.75, 3.05) is 39.8 Å². The van der Waals surface area contributed by atoms with Gasteiger partial charge in [0.05, 0.1) is 0 Å². The Labute approximate surface area is 131 Å². The molecule has 2 heterocycles. The van der Waals surface area contributed by atoms with Gasteiger partial charge in [-0.15, -0.1) is 0 Å². The van der Waals surface area contributed by atoms with Gasteiger partial charge in [0.2, 0.25) is 0 Å². The molecule has 2 unspecified atom stereocenters. The predicted octanol–water partition coefficient (Wildman–Crippen LogP) is 2.57. The molecule has 3 nitrogen and oxygen atoms in total. The van der Waals surface area contributed by atoms with E-state index in [0.29, 0.717) is 11.0 Å². The predicted molar refractivity (Wildman–Crippen MR) is 89.6 cm³/mol. The molecule has 0 aromatic heterocycles. The number of likely N-dealkylation sites (tertiary alicyclic amines) is 1. The first-order chi connectivity index (χ1) is 9.94. The minimum absolute atomic E-state index is 0.382. The Bertz CT molecular complexity index is 357. The van der Waals surface area contributed by atoms with Crippen LogP contribution >= 0.6 is 0 Å². The molecule has 2 atom stereocenters. The zero-order valence-electron chi connectivity index (χ0n) is 14.6. The molecule has 3 heteroatoms. The summed E-state index contributed by atoms with van der Waals surface area (Å²) in [6.45, 7) is 13.7. The molecule has 2 saturated heterocycles. The lowest BCUT2D eigenvalue weighted by Crippen LogP contribution is -2.65. The quantitative estimate of drug-likeness (QED) is 0.859. The second kappa shape index (κ2) is 5.82. The molecule has 1 aliphatic carbocycles. The van der Waals surface area contributed by atoms with Crippen LogP contribution in [0.15, 0.2) is 0 Å². The van der Waals surface area contributed by atoms with E-state index in [9.17, 15) is 0 Å². The van der Waals surface area contributed by atoms with Crippen molar-refractivity contribution in [1.29, 1.82) is 0 Å². The molecule has 1 saturated carbocycles. The van der Waals surface area contributed by atoms with Crippen LogP contribution in [0.1, 0.15) is 52.9 Å². The maximum atomic E-state index is 3.90. The highest BCUT2D eigenvalue weighted by molar-refractivity contribution is 5.04. The Kier molecular flexibility index (Phi) is 4.37. The summed E-state index contributed by atoms with van der Waals surface area (Å²) >= 11 is 0. The van der Waals surface area contributed by atoms with E-state index in [2.05, 4.69) is 42.9 Å². The largest absolute Gasteiger partial charge is 0.308 e. The third-order valence-corrected chi connectivity index (χ3v) is 6.52. The second-order valence-electron chi connectivity index (χ2n) is 8.65. The van der Waals surface area contributed by atoms with Crippen LogP contribution in [0.5, 0.6) is 0 Å². The average Bonchev–Trinajstić information content (AvgIpc) is 3.28. The van der Waals surface area contributed by atoms with Gasteiger partial charge in [-0.2, -0.15) is 0 Å². The fourth-order valence-electron chi connectivity index (χ4n) is 4.48. The first-order valence-electron chi connectivity index (χ1n) is 9.12. The highest BCUT2D eigenvalue weighted by atomic mass is 15.3. The number of piperazine rings is 1. The van der Waals surface area contributed by atoms with E-state index in [1.54, 1.807) is 0 Å². The summed E-state index contributed by atoms with van der Waals surface area (Å²) in [6, 6.07) is 0.744. The Morgan fingerprint density at radius 1 is 1.14 bits per heavy atom. The smallest absolute Gasteiger partial charge is 0.0309 e. The lowest BCUT2D eigenvalue weighted by Gasteiger charge is -2.50. The number of piperidine rings is 1. The van der Waals surface area contributed by atoms with Crippen molar-refractivity contribution in [3.05, 3.63) is 0 Å². The molecule has 3 aliphatic rings. The van der Waals surface area contributed by atoms with Crippen LogP contribution in [0.3, 0.4) is 0 Å². The highest BCUT2D eigenvalue weighted by Crippen LogP contribution is 2.42. The fourth-order valence-corrected chi connectivity index (χ4v) is 4.48. The number of nitrogens with zero attached hydrogens (tertiary/aromatic N) is 2. The van der Waals surface area contributed by atoms with Gasteiger partial charge >= 0.3 is 0 Å². The second-order valence-corrected chi connectivity index (χ2v) is 8.65. The minimum atomic E-state index is 0.382. The van der Waals surface area contributed by atoms with Crippen molar-refractivity contribution in [3.63, 3.8) is 0 Å². The van der Waals surface area contributed by atoms with E-state index in [1.807, 2.05) is 0 Å². The maximum absolute atomic E-state index is 3.90. The van der Waals surface area contributed by atoms with Gasteiger partial charge in [0.1, 0.15) is 0 Å². The van der Waals surface area contributed by atoms with Crippen molar-refractivity contribution < 1.29 is 0 Å². The van der Waals surface area contributed by atoms with Gasteiger partial charge < -0.3 is 10.2 Å². The Balaban J connectivity index is 1.65. The molecule has 21 heavy (non-hydrogen) atoms. The molecule has 0 aromatic rings. The summed E-state index contributed by atoms with van der Waals surface area (Å²) in [5.41, 5.74) is 0.912. The first kappa shape index (κ1) is 15.8. The topological polar surface area (TPSA) is 18.5 Å². The van der Waals surface area contributed by atoms with Crippen molar-refractivity contribution in [2.45, 2.75) is 64.5 Å². The molecule has 0 aromatic carbocycles. The molecule has 0 radical (unpaired) electrons. The molecule has 122 valence electrons. The standard InChI is InChI=1S/C18H35N3/c1-5-16-12-19-18(3,15-6-7-15)14-21(16)13-17(2)8-10-20(4)11-9-17/h15-16,19H,5-14H2,1-4H3. The summed E-state index contributed by atoms with van der Waals surface area (Å²) in [6.07, 6.45) is 6.89. The van der Waals surface area contributed by atoms with Crippen LogP contribution in [0.2, 0.25) is 0 Å². The minimum Gasteiger partial charge on any atom is -0.308 e. The zero-order valence-corrected chi connectivity index (χ0v) is 14.6. The van der Waals surface area contributed by atoms with Gasteiger partial charge in [-0.3, -0.25) is 4.90 Å².